The minimum absolute atomic E-state index is 0.0343. The number of rotatable bonds is 6. The van der Waals surface area contributed by atoms with Crippen LogP contribution < -0.4 is 9.47 Å². The molecule has 2 aromatic rings. The predicted molar refractivity (Wildman–Crippen MR) is 83.4 cm³/mol. The van der Waals surface area contributed by atoms with Crippen molar-refractivity contribution in [1.82, 2.24) is 0 Å². The monoisotopic (exact) mass is 284 g/mol. The summed E-state index contributed by atoms with van der Waals surface area (Å²) in [5, 5.41) is 0. The zero-order chi connectivity index (χ0) is 15.2. The number of Topliss-reactive ketones (excluding diaryl/α,β-unsaturated/α-hetero) is 1. The first-order chi connectivity index (χ1) is 10.1. The number of carbonyl (C=O) groups excluding carboxylic acids is 1. The Bertz CT molecular complexity index is 632. The van der Waals surface area contributed by atoms with E-state index >= 15 is 0 Å². The Labute approximate surface area is 125 Å². The van der Waals surface area contributed by atoms with Gasteiger partial charge in [-0.3, -0.25) is 4.79 Å². The van der Waals surface area contributed by atoms with Crippen molar-refractivity contribution >= 4 is 5.78 Å². The van der Waals surface area contributed by atoms with Crippen LogP contribution in [0.4, 0.5) is 0 Å². The second-order valence-corrected chi connectivity index (χ2v) is 5.05. The zero-order valence-corrected chi connectivity index (χ0v) is 12.7. The highest BCUT2D eigenvalue weighted by Gasteiger charge is 2.02. The molecular weight excluding hydrogens is 264 g/mol. The van der Waals surface area contributed by atoms with Crippen molar-refractivity contribution in [2.75, 3.05) is 13.2 Å². The molecule has 0 amide bonds. The first kappa shape index (κ1) is 15.1. The number of ether oxygens (including phenoxy) is 2. The van der Waals surface area contributed by atoms with Gasteiger partial charge in [0.05, 0.1) is 0 Å². The largest absolute Gasteiger partial charge is 0.490 e. The van der Waals surface area contributed by atoms with Gasteiger partial charge in [-0.2, -0.15) is 0 Å². The van der Waals surface area contributed by atoms with Crippen molar-refractivity contribution in [3.63, 3.8) is 0 Å². The SMILES string of the molecule is CC(=O)c1cccc(OCCOc2cc(C)ccc2C)c1. The van der Waals surface area contributed by atoms with Gasteiger partial charge in [0, 0.05) is 5.56 Å². The molecule has 0 saturated carbocycles. The number of aryl methyl sites for hydroxylation is 2. The fourth-order valence-electron chi connectivity index (χ4n) is 1.98. The van der Waals surface area contributed by atoms with Crippen LogP contribution in [0.5, 0.6) is 11.5 Å². The summed E-state index contributed by atoms with van der Waals surface area (Å²) in [4.78, 5) is 11.3. The minimum atomic E-state index is 0.0343. The first-order valence-corrected chi connectivity index (χ1v) is 7.00. The zero-order valence-electron chi connectivity index (χ0n) is 12.7. The maximum atomic E-state index is 11.3. The van der Waals surface area contributed by atoms with Gasteiger partial charge in [0.15, 0.2) is 5.78 Å². The van der Waals surface area contributed by atoms with Crippen molar-refractivity contribution in [3.05, 3.63) is 59.2 Å². The first-order valence-electron chi connectivity index (χ1n) is 7.00. The molecule has 3 nitrogen and oxygen atoms in total. The van der Waals surface area contributed by atoms with Crippen molar-refractivity contribution in [2.24, 2.45) is 0 Å². The van der Waals surface area contributed by atoms with E-state index in [-0.39, 0.29) is 5.78 Å². The lowest BCUT2D eigenvalue weighted by Crippen LogP contribution is -2.10. The molecule has 21 heavy (non-hydrogen) atoms. The van der Waals surface area contributed by atoms with E-state index < -0.39 is 0 Å². The van der Waals surface area contributed by atoms with Crippen LogP contribution in [0.1, 0.15) is 28.4 Å². The highest BCUT2D eigenvalue weighted by molar-refractivity contribution is 5.94. The van der Waals surface area contributed by atoms with E-state index in [1.807, 2.05) is 38.1 Å². The van der Waals surface area contributed by atoms with Crippen LogP contribution in [0.2, 0.25) is 0 Å². The Hall–Kier alpha value is -2.29. The summed E-state index contributed by atoms with van der Waals surface area (Å²) < 4.78 is 11.3. The van der Waals surface area contributed by atoms with Crippen LogP contribution in [-0.4, -0.2) is 19.0 Å². The van der Waals surface area contributed by atoms with Crippen molar-refractivity contribution in [1.29, 1.82) is 0 Å². The molecule has 2 rings (SSSR count). The van der Waals surface area contributed by atoms with Crippen LogP contribution >= 0.6 is 0 Å². The summed E-state index contributed by atoms with van der Waals surface area (Å²) in [7, 11) is 0. The normalized spacial score (nSPS) is 10.2. The van der Waals surface area contributed by atoms with Crippen molar-refractivity contribution < 1.29 is 14.3 Å². The molecule has 0 N–H and O–H groups in total. The van der Waals surface area contributed by atoms with Gasteiger partial charge in [0.1, 0.15) is 24.7 Å². The number of hydrogen-bond acceptors (Lipinski definition) is 3. The molecule has 0 aromatic heterocycles. The average molecular weight is 284 g/mol. The lowest BCUT2D eigenvalue weighted by molar-refractivity contribution is 0.101. The number of ketones is 1. The van der Waals surface area contributed by atoms with E-state index in [4.69, 9.17) is 9.47 Å². The van der Waals surface area contributed by atoms with Crippen LogP contribution in [0.15, 0.2) is 42.5 Å². The maximum absolute atomic E-state index is 11.3. The lowest BCUT2D eigenvalue weighted by atomic mass is 10.1. The van der Waals surface area contributed by atoms with Crippen LogP contribution in [0, 0.1) is 13.8 Å². The summed E-state index contributed by atoms with van der Waals surface area (Å²) in [6, 6.07) is 13.3. The second kappa shape index (κ2) is 6.93. The third-order valence-electron chi connectivity index (χ3n) is 3.19. The standard InChI is InChI=1S/C18H20O3/c1-13-7-8-14(2)18(11-13)21-10-9-20-17-6-4-5-16(12-17)15(3)19/h4-8,11-12H,9-10H2,1-3H3. The van der Waals surface area contributed by atoms with E-state index in [9.17, 15) is 4.79 Å². The highest BCUT2D eigenvalue weighted by Crippen LogP contribution is 2.19. The van der Waals surface area contributed by atoms with E-state index in [1.165, 1.54) is 5.56 Å². The Morgan fingerprint density at radius 2 is 1.76 bits per heavy atom. The van der Waals surface area contributed by atoms with Gasteiger partial charge in [-0.1, -0.05) is 24.3 Å². The van der Waals surface area contributed by atoms with E-state index in [2.05, 4.69) is 6.07 Å². The summed E-state index contributed by atoms with van der Waals surface area (Å²) in [5.74, 6) is 1.61. The molecule has 2 aromatic carbocycles. The molecular formula is C18H20O3. The van der Waals surface area contributed by atoms with Gasteiger partial charge < -0.3 is 9.47 Å². The number of carbonyl (C=O) groups is 1. The second-order valence-electron chi connectivity index (χ2n) is 5.05. The molecule has 0 heterocycles. The van der Waals surface area contributed by atoms with Crippen LogP contribution in [0.25, 0.3) is 0 Å². The van der Waals surface area contributed by atoms with Gasteiger partial charge in [0.25, 0.3) is 0 Å². The molecule has 110 valence electrons. The van der Waals surface area contributed by atoms with Gasteiger partial charge in [-0.05, 0) is 50.1 Å². The third kappa shape index (κ3) is 4.35. The van der Waals surface area contributed by atoms with Crippen molar-refractivity contribution in [3.8, 4) is 11.5 Å². The Morgan fingerprint density at radius 1 is 1.00 bits per heavy atom. The fourth-order valence-corrected chi connectivity index (χ4v) is 1.98. The molecule has 0 bridgehead atoms. The van der Waals surface area contributed by atoms with E-state index in [1.54, 1.807) is 19.1 Å². The molecule has 0 unspecified atom stereocenters. The molecule has 0 aliphatic rings. The van der Waals surface area contributed by atoms with Crippen LogP contribution in [0.3, 0.4) is 0 Å². The highest BCUT2D eigenvalue weighted by atomic mass is 16.5. The Kier molecular flexibility index (Phi) is 4.99. The molecule has 0 atom stereocenters. The topological polar surface area (TPSA) is 35.5 Å². The molecule has 0 fully saturated rings. The molecule has 0 radical (unpaired) electrons. The third-order valence-corrected chi connectivity index (χ3v) is 3.19. The average Bonchev–Trinajstić information content (AvgIpc) is 2.47. The molecule has 0 saturated heterocycles. The fraction of sp³-hybridized carbons (Fsp3) is 0.278. The molecule has 0 aliphatic heterocycles. The number of benzene rings is 2. The van der Waals surface area contributed by atoms with Gasteiger partial charge >= 0.3 is 0 Å². The Morgan fingerprint density at radius 3 is 2.52 bits per heavy atom. The van der Waals surface area contributed by atoms with Gasteiger partial charge in [-0.15, -0.1) is 0 Å². The predicted octanol–water partition coefficient (Wildman–Crippen LogP) is 3.96. The number of hydrogen-bond donors (Lipinski definition) is 0. The summed E-state index contributed by atoms with van der Waals surface area (Å²) in [6.07, 6.45) is 0. The maximum Gasteiger partial charge on any atom is 0.159 e. The molecule has 3 heteroatoms. The van der Waals surface area contributed by atoms with Gasteiger partial charge in [0.2, 0.25) is 0 Å². The Balaban J connectivity index is 1.86. The smallest absolute Gasteiger partial charge is 0.159 e. The van der Waals surface area contributed by atoms with E-state index in [0.29, 0.717) is 24.5 Å². The minimum Gasteiger partial charge on any atom is -0.490 e. The van der Waals surface area contributed by atoms with E-state index in [0.717, 1.165) is 11.3 Å². The quantitative estimate of drug-likeness (QED) is 0.595. The summed E-state index contributed by atoms with van der Waals surface area (Å²) in [6.45, 7) is 6.51. The van der Waals surface area contributed by atoms with Gasteiger partial charge in [-0.25, -0.2) is 0 Å². The summed E-state index contributed by atoms with van der Waals surface area (Å²) >= 11 is 0. The molecule has 0 aliphatic carbocycles. The summed E-state index contributed by atoms with van der Waals surface area (Å²) in [5.41, 5.74) is 2.94. The lowest BCUT2D eigenvalue weighted by Gasteiger charge is -2.11. The van der Waals surface area contributed by atoms with Crippen LogP contribution in [-0.2, 0) is 0 Å². The van der Waals surface area contributed by atoms with Crippen molar-refractivity contribution in [2.45, 2.75) is 20.8 Å². The molecule has 0 spiro atoms.